The van der Waals surface area contributed by atoms with Gasteiger partial charge in [0.25, 0.3) is 0 Å². The number of carbonyl (C=O) groups is 2. The first-order valence-corrected chi connectivity index (χ1v) is 6.51. The van der Waals surface area contributed by atoms with Gasteiger partial charge >= 0.3 is 0 Å². The molecule has 1 fully saturated rings. The van der Waals surface area contributed by atoms with Crippen LogP contribution < -0.4 is 11.1 Å². The predicted octanol–water partition coefficient (Wildman–Crippen LogP) is 2.07. The number of fused-ring (bicyclic) bond motifs is 1. The van der Waals surface area contributed by atoms with Crippen molar-refractivity contribution < 1.29 is 9.59 Å². The molecule has 2 aromatic rings. The topological polar surface area (TPSA) is 85.1 Å². The summed E-state index contributed by atoms with van der Waals surface area (Å²) >= 11 is 0. The molecule has 0 saturated heterocycles. The molecule has 1 aliphatic rings. The molecular weight excluding hydrogens is 254 g/mol. The molecule has 3 rings (SSSR count). The quantitative estimate of drug-likeness (QED) is 0.894. The fourth-order valence-electron chi connectivity index (χ4n) is 2.13. The van der Waals surface area contributed by atoms with Gasteiger partial charge in [0.15, 0.2) is 0 Å². The molecule has 1 aromatic heterocycles. The van der Waals surface area contributed by atoms with E-state index >= 15 is 0 Å². The molecular formula is C15H15N3O2. The number of primary amides is 1. The lowest BCUT2D eigenvalue weighted by atomic mass is 10.1. The number of nitrogens with two attached hydrogens (primary N) is 1. The zero-order valence-electron chi connectivity index (χ0n) is 11.1. The van der Waals surface area contributed by atoms with E-state index in [9.17, 15) is 9.59 Å². The van der Waals surface area contributed by atoms with E-state index in [1.807, 2.05) is 19.1 Å². The van der Waals surface area contributed by atoms with Gasteiger partial charge in [0.1, 0.15) is 5.82 Å². The van der Waals surface area contributed by atoms with Gasteiger partial charge in [-0.25, -0.2) is 4.98 Å². The Morgan fingerprint density at radius 3 is 2.65 bits per heavy atom. The number of nitrogens with zero attached hydrogens (tertiary/aromatic N) is 1. The fourth-order valence-corrected chi connectivity index (χ4v) is 2.13. The number of anilines is 1. The Bertz CT molecular complexity index is 720. The largest absolute Gasteiger partial charge is 0.366 e. The van der Waals surface area contributed by atoms with Gasteiger partial charge in [-0.1, -0.05) is 25.1 Å². The first kappa shape index (κ1) is 12.6. The summed E-state index contributed by atoms with van der Waals surface area (Å²) < 4.78 is 0. The molecule has 20 heavy (non-hydrogen) atoms. The van der Waals surface area contributed by atoms with E-state index in [1.54, 1.807) is 12.1 Å². The van der Waals surface area contributed by atoms with Gasteiger partial charge < -0.3 is 11.1 Å². The van der Waals surface area contributed by atoms with E-state index in [0.717, 1.165) is 12.8 Å². The van der Waals surface area contributed by atoms with E-state index in [2.05, 4.69) is 10.3 Å². The molecule has 1 aromatic carbocycles. The Hall–Kier alpha value is -2.43. The van der Waals surface area contributed by atoms with Gasteiger partial charge in [0.05, 0.1) is 11.1 Å². The third-order valence-corrected chi connectivity index (χ3v) is 3.77. The molecule has 0 atom stereocenters. The zero-order chi connectivity index (χ0) is 14.3. The van der Waals surface area contributed by atoms with Crippen LogP contribution in [-0.4, -0.2) is 16.8 Å². The molecule has 5 heteroatoms. The summed E-state index contributed by atoms with van der Waals surface area (Å²) in [5.74, 6) is -0.219. The van der Waals surface area contributed by atoms with Crippen molar-refractivity contribution in [1.29, 1.82) is 0 Å². The first-order chi connectivity index (χ1) is 9.49. The fraction of sp³-hybridized carbons (Fsp3) is 0.267. The average molecular weight is 269 g/mol. The Balaban J connectivity index is 2.03. The normalized spacial score (nSPS) is 15.8. The number of benzene rings is 1. The first-order valence-electron chi connectivity index (χ1n) is 6.51. The van der Waals surface area contributed by atoms with Crippen molar-refractivity contribution in [2.75, 3.05) is 5.32 Å². The highest BCUT2D eigenvalue weighted by atomic mass is 16.2. The molecule has 1 aliphatic carbocycles. The maximum absolute atomic E-state index is 12.0. The highest BCUT2D eigenvalue weighted by Crippen LogP contribution is 2.45. The Morgan fingerprint density at radius 2 is 2.00 bits per heavy atom. The number of carbonyl (C=O) groups excluding carboxylic acids is 2. The lowest BCUT2D eigenvalue weighted by molar-refractivity contribution is -0.120. The summed E-state index contributed by atoms with van der Waals surface area (Å²) in [5, 5.41) is 3.46. The molecule has 3 N–H and O–H groups in total. The highest BCUT2D eigenvalue weighted by Gasteiger charge is 2.45. The summed E-state index contributed by atoms with van der Waals surface area (Å²) in [7, 11) is 0. The Morgan fingerprint density at radius 1 is 1.30 bits per heavy atom. The summed E-state index contributed by atoms with van der Waals surface area (Å²) in [4.78, 5) is 28.0. The second-order valence-electron chi connectivity index (χ2n) is 5.45. The summed E-state index contributed by atoms with van der Waals surface area (Å²) in [6, 6.07) is 8.76. The zero-order valence-corrected chi connectivity index (χ0v) is 11.1. The van der Waals surface area contributed by atoms with Crippen LogP contribution in [0.1, 0.15) is 30.1 Å². The minimum atomic E-state index is -0.531. The number of nitrogens with one attached hydrogen (secondary N) is 1. The molecule has 0 unspecified atom stereocenters. The van der Waals surface area contributed by atoms with Crippen molar-refractivity contribution in [3.63, 3.8) is 0 Å². The third-order valence-electron chi connectivity index (χ3n) is 3.77. The summed E-state index contributed by atoms with van der Waals surface area (Å²) in [5.41, 5.74) is 6.11. The van der Waals surface area contributed by atoms with Crippen LogP contribution in [0, 0.1) is 5.41 Å². The van der Waals surface area contributed by atoms with Crippen molar-refractivity contribution in [2.24, 2.45) is 11.1 Å². The van der Waals surface area contributed by atoms with Gasteiger partial charge in [-0.3, -0.25) is 9.59 Å². The number of aromatic nitrogens is 1. The maximum atomic E-state index is 12.0. The molecule has 0 bridgehead atoms. The maximum Gasteiger partial charge on any atom is 0.249 e. The minimum absolute atomic E-state index is 0.0595. The summed E-state index contributed by atoms with van der Waals surface area (Å²) in [6.07, 6.45) is 1.77. The van der Waals surface area contributed by atoms with Gasteiger partial charge in [-0.05, 0) is 25.0 Å². The van der Waals surface area contributed by atoms with Gasteiger partial charge in [0.2, 0.25) is 11.8 Å². The Kier molecular flexibility index (Phi) is 2.71. The SMILES string of the molecule is CC1(C(=O)Nc2cc(C(N)=O)c3ccccc3n2)CC1. The van der Waals surface area contributed by atoms with Gasteiger partial charge in [-0.15, -0.1) is 0 Å². The molecule has 1 heterocycles. The highest BCUT2D eigenvalue weighted by molar-refractivity contribution is 6.07. The number of pyridine rings is 1. The number of para-hydroxylation sites is 1. The number of hydrogen-bond donors (Lipinski definition) is 2. The van der Waals surface area contributed by atoms with Crippen molar-refractivity contribution in [3.8, 4) is 0 Å². The molecule has 2 amide bonds. The number of amides is 2. The van der Waals surface area contributed by atoms with E-state index in [1.165, 1.54) is 6.07 Å². The molecule has 0 spiro atoms. The number of hydrogen-bond acceptors (Lipinski definition) is 3. The van der Waals surface area contributed by atoms with Crippen molar-refractivity contribution in [3.05, 3.63) is 35.9 Å². The monoisotopic (exact) mass is 269 g/mol. The van der Waals surface area contributed by atoms with Crippen LogP contribution in [0.5, 0.6) is 0 Å². The van der Waals surface area contributed by atoms with Crippen molar-refractivity contribution in [2.45, 2.75) is 19.8 Å². The molecule has 102 valence electrons. The standard InChI is InChI=1S/C15H15N3O2/c1-15(6-7-15)14(20)18-12-8-10(13(16)19)9-4-2-3-5-11(9)17-12/h2-5,8H,6-7H2,1H3,(H2,16,19)(H,17,18,20). The van der Waals surface area contributed by atoms with Crippen LogP contribution >= 0.6 is 0 Å². The van der Waals surface area contributed by atoms with Crippen LogP contribution in [0.2, 0.25) is 0 Å². The second-order valence-corrected chi connectivity index (χ2v) is 5.45. The van der Waals surface area contributed by atoms with Gasteiger partial charge in [0, 0.05) is 10.8 Å². The van der Waals surface area contributed by atoms with Crippen LogP contribution in [-0.2, 0) is 4.79 Å². The molecule has 0 aliphatic heterocycles. The van der Waals surface area contributed by atoms with E-state index in [-0.39, 0.29) is 11.3 Å². The van der Waals surface area contributed by atoms with Gasteiger partial charge in [-0.2, -0.15) is 0 Å². The lowest BCUT2D eigenvalue weighted by Crippen LogP contribution is -2.22. The summed E-state index contributed by atoms with van der Waals surface area (Å²) in [6.45, 7) is 1.92. The average Bonchev–Trinajstić information content (AvgIpc) is 3.17. The molecule has 0 radical (unpaired) electrons. The molecule has 5 nitrogen and oxygen atoms in total. The predicted molar refractivity (Wildman–Crippen MR) is 76.2 cm³/mol. The Labute approximate surface area is 116 Å². The number of rotatable bonds is 3. The van der Waals surface area contributed by atoms with Crippen LogP contribution in [0.3, 0.4) is 0 Å². The van der Waals surface area contributed by atoms with Crippen molar-refractivity contribution in [1.82, 2.24) is 4.98 Å². The molecule has 1 saturated carbocycles. The van der Waals surface area contributed by atoms with E-state index in [0.29, 0.717) is 22.3 Å². The smallest absolute Gasteiger partial charge is 0.249 e. The van der Waals surface area contributed by atoms with Crippen LogP contribution in [0.15, 0.2) is 30.3 Å². The van der Waals surface area contributed by atoms with Crippen LogP contribution in [0.4, 0.5) is 5.82 Å². The van der Waals surface area contributed by atoms with Crippen molar-refractivity contribution >= 4 is 28.5 Å². The second kappa shape index (κ2) is 4.30. The lowest BCUT2D eigenvalue weighted by Gasteiger charge is -2.11. The minimum Gasteiger partial charge on any atom is -0.366 e. The van der Waals surface area contributed by atoms with Crippen LogP contribution in [0.25, 0.3) is 10.9 Å². The van der Waals surface area contributed by atoms with E-state index < -0.39 is 5.91 Å². The van der Waals surface area contributed by atoms with E-state index in [4.69, 9.17) is 5.73 Å². The third kappa shape index (κ3) is 2.11.